The molecule has 0 radical (unpaired) electrons. The number of hydrogen-bond donors (Lipinski definition) is 2. The molecule has 2 N–H and O–H groups in total. The third kappa shape index (κ3) is 5.08. The molecule has 1 aromatic carbocycles. The number of aliphatic hydroxyl groups is 1. The average molecular weight is 277 g/mol. The van der Waals surface area contributed by atoms with E-state index in [4.69, 9.17) is 0 Å². The van der Waals surface area contributed by atoms with E-state index in [-0.39, 0.29) is 18.9 Å². The number of rotatable bonds is 6. The average Bonchev–Trinajstić information content (AvgIpc) is 2.35. The van der Waals surface area contributed by atoms with Crippen LogP contribution in [0.2, 0.25) is 0 Å². The summed E-state index contributed by atoms with van der Waals surface area (Å²) in [5.74, 6) is -0.223. The molecule has 0 aliphatic carbocycles. The number of benzene rings is 1. The van der Waals surface area contributed by atoms with Gasteiger partial charge in [-0.3, -0.25) is 0 Å². The van der Waals surface area contributed by atoms with Crippen LogP contribution < -0.4 is 10.1 Å². The van der Waals surface area contributed by atoms with Gasteiger partial charge in [0.1, 0.15) is 5.75 Å². The Hall–Kier alpha value is -1.27. The summed E-state index contributed by atoms with van der Waals surface area (Å²) in [6.07, 6.45) is -4.05. The predicted octanol–water partition coefficient (Wildman–Crippen LogP) is 2.84. The van der Waals surface area contributed by atoms with Crippen LogP contribution in [-0.2, 0) is 6.54 Å². The third-order valence-electron chi connectivity index (χ3n) is 3.03. The molecule has 0 spiro atoms. The standard InChI is InChI=1S/C13H18F3NO2/c1-3-12(2,9-18)17-8-10-6-4-5-7-11(10)19-13(14,15)16/h4-7,17-18H,3,8-9H2,1-2H3. The Bertz CT molecular complexity index is 403. The molecule has 1 unspecified atom stereocenters. The molecule has 0 saturated heterocycles. The summed E-state index contributed by atoms with van der Waals surface area (Å²) in [6, 6.07) is 5.95. The van der Waals surface area contributed by atoms with E-state index in [1.807, 2.05) is 6.92 Å². The van der Waals surface area contributed by atoms with Crippen molar-refractivity contribution in [3.8, 4) is 5.75 Å². The van der Waals surface area contributed by atoms with Crippen molar-refractivity contribution in [2.75, 3.05) is 6.61 Å². The van der Waals surface area contributed by atoms with Crippen LogP contribution >= 0.6 is 0 Å². The highest BCUT2D eigenvalue weighted by molar-refractivity contribution is 5.33. The molecular weight excluding hydrogens is 259 g/mol. The smallest absolute Gasteiger partial charge is 0.405 e. The quantitative estimate of drug-likeness (QED) is 0.840. The van der Waals surface area contributed by atoms with E-state index in [1.165, 1.54) is 12.1 Å². The van der Waals surface area contributed by atoms with Gasteiger partial charge in [-0.05, 0) is 19.4 Å². The van der Waals surface area contributed by atoms with Crippen molar-refractivity contribution < 1.29 is 23.0 Å². The van der Waals surface area contributed by atoms with Crippen LogP contribution in [0.4, 0.5) is 13.2 Å². The van der Waals surface area contributed by atoms with Crippen LogP contribution in [0.25, 0.3) is 0 Å². The molecule has 0 saturated carbocycles. The van der Waals surface area contributed by atoms with E-state index < -0.39 is 11.9 Å². The van der Waals surface area contributed by atoms with Crippen LogP contribution in [0.1, 0.15) is 25.8 Å². The molecule has 6 heteroatoms. The topological polar surface area (TPSA) is 41.5 Å². The highest BCUT2D eigenvalue weighted by Crippen LogP contribution is 2.26. The van der Waals surface area contributed by atoms with Gasteiger partial charge in [-0.15, -0.1) is 13.2 Å². The number of para-hydroxylation sites is 1. The lowest BCUT2D eigenvalue weighted by molar-refractivity contribution is -0.274. The van der Waals surface area contributed by atoms with Crippen LogP contribution in [0.15, 0.2) is 24.3 Å². The van der Waals surface area contributed by atoms with Crippen molar-refractivity contribution in [2.24, 2.45) is 0 Å². The first-order valence-electron chi connectivity index (χ1n) is 5.99. The fraction of sp³-hybridized carbons (Fsp3) is 0.538. The number of halogens is 3. The molecular formula is C13H18F3NO2. The highest BCUT2D eigenvalue weighted by Gasteiger charge is 2.32. The largest absolute Gasteiger partial charge is 0.573 e. The number of alkyl halides is 3. The second-order valence-corrected chi connectivity index (χ2v) is 4.58. The van der Waals surface area contributed by atoms with Crippen LogP contribution in [0.5, 0.6) is 5.75 Å². The molecule has 3 nitrogen and oxygen atoms in total. The zero-order valence-corrected chi connectivity index (χ0v) is 10.9. The molecule has 0 bridgehead atoms. The van der Waals surface area contributed by atoms with Gasteiger partial charge in [-0.1, -0.05) is 25.1 Å². The van der Waals surface area contributed by atoms with E-state index in [0.29, 0.717) is 12.0 Å². The van der Waals surface area contributed by atoms with Crippen molar-refractivity contribution >= 4 is 0 Å². The van der Waals surface area contributed by atoms with Crippen molar-refractivity contribution in [1.82, 2.24) is 5.32 Å². The molecule has 0 amide bonds. The fourth-order valence-electron chi connectivity index (χ4n) is 1.48. The lowest BCUT2D eigenvalue weighted by Gasteiger charge is -2.27. The Labute approximate surface area is 110 Å². The molecule has 0 heterocycles. The summed E-state index contributed by atoms with van der Waals surface area (Å²) in [4.78, 5) is 0. The van der Waals surface area contributed by atoms with Gasteiger partial charge in [-0.2, -0.15) is 0 Å². The molecule has 0 aromatic heterocycles. The van der Waals surface area contributed by atoms with E-state index in [2.05, 4.69) is 10.1 Å². The fourth-order valence-corrected chi connectivity index (χ4v) is 1.48. The summed E-state index contributed by atoms with van der Waals surface area (Å²) in [5, 5.41) is 12.3. The molecule has 19 heavy (non-hydrogen) atoms. The zero-order valence-electron chi connectivity index (χ0n) is 10.9. The minimum absolute atomic E-state index is 0.0915. The summed E-state index contributed by atoms with van der Waals surface area (Å²) < 4.78 is 40.7. The predicted molar refractivity (Wildman–Crippen MR) is 65.7 cm³/mol. The second-order valence-electron chi connectivity index (χ2n) is 4.58. The minimum Gasteiger partial charge on any atom is -0.405 e. The maximum absolute atomic E-state index is 12.2. The Morgan fingerprint density at radius 1 is 1.26 bits per heavy atom. The Morgan fingerprint density at radius 2 is 1.89 bits per heavy atom. The van der Waals surface area contributed by atoms with Crippen LogP contribution in [0, 0.1) is 0 Å². The van der Waals surface area contributed by atoms with E-state index in [9.17, 15) is 18.3 Å². The maximum atomic E-state index is 12.2. The summed E-state index contributed by atoms with van der Waals surface area (Å²) in [5.41, 5.74) is -0.126. The van der Waals surface area contributed by atoms with Crippen LogP contribution in [0.3, 0.4) is 0 Å². The minimum atomic E-state index is -4.71. The summed E-state index contributed by atoms with van der Waals surface area (Å²) >= 11 is 0. The number of aliphatic hydroxyl groups excluding tert-OH is 1. The van der Waals surface area contributed by atoms with E-state index in [0.717, 1.165) is 0 Å². The maximum Gasteiger partial charge on any atom is 0.573 e. The number of nitrogens with one attached hydrogen (secondary N) is 1. The SMILES string of the molecule is CCC(C)(CO)NCc1ccccc1OC(F)(F)F. The second kappa shape index (κ2) is 6.25. The summed E-state index contributed by atoms with van der Waals surface area (Å²) in [7, 11) is 0. The molecule has 1 atom stereocenters. The van der Waals surface area contributed by atoms with E-state index >= 15 is 0 Å². The lowest BCUT2D eigenvalue weighted by atomic mass is 10.00. The van der Waals surface area contributed by atoms with Gasteiger partial charge in [-0.25, -0.2) is 0 Å². The van der Waals surface area contributed by atoms with Gasteiger partial charge in [0.25, 0.3) is 0 Å². The molecule has 0 aliphatic heterocycles. The van der Waals surface area contributed by atoms with Crippen molar-refractivity contribution in [2.45, 2.75) is 38.7 Å². The highest BCUT2D eigenvalue weighted by atomic mass is 19.4. The molecule has 108 valence electrons. The Morgan fingerprint density at radius 3 is 2.42 bits per heavy atom. The zero-order chi connectivity index (χ0) is 14.5. The molecule has 1 aromatic rings. The van der Waals surface area contributed by atoms with Crippen LogP contribution in [-0.4, -0.2) is 23.6 Å². The van der Waals surface area contributed by atoms with Crippen molar-refractivity contribution in [1.29, 1.82) is 0 Å². The molecule has 0 aliphatic rings. The van der Waals surface area contributed by atoms with Crippen molar-refractivity contribution in [3.05, 3.63) is 29.8 Å². The van der Waals surface area contributed by atoms with Gasteiger partial charge < -0.3 is 15.2 Å². The summed E-state index contributed by atoms with van der Waals surface area (Å²) in [6.45, 7) is 3.80. The van der Waals surface area contributed by atoms with Gasteiger partial charge in [0.2, 0.25) is 0 Å². The Balaban J connectivity index is 2.78. The Kier molecular flexibility index (Phi) is 5.20. The normalized spacial score (nSPS) is 15.1. The number of ether oxygens (including phenoxy) is 1. The molecule has 0 fully saturated rings. The van der Waals surface area contributed by atoms with E-state index in [1.54, 1.807) is 19.1 Å². The van der Waals surface area contributed by atoms with Crippen molar-refractivity contribution in [3.63, 3.8) is 0 Å². The monoisotopic (exact) mass is 277 g/mol. The van der Waals surface area contributed by atoms with Gasteiger partial charge in [0, 0.05) is 17.6 Å². The first kappa shape index (κ1) is 15.8. The van der Waals surface area contributed by atoms with Gasteiger partial charge >= 0.3 is 6.36 Å². The first-order chi connectivity index (χ1) is 8.79. The van der Waals surface area contributed by atoms with Gasteiger partial charge in [0.15, 0.2) is 0 Å². The number of hydrogen-bond acceptors (Lipinski definition) is 3. The van der Waals surface area contributed by atoms with Gasteiger partial charge in [0.05, 0.1) is 6.61 Å². The first-order valence-corrected chi connectivity index (χ1v) is 5.99. The third-order valence-corrected chi connectivity index (χ3v) is 3.03. The lowest BCUT2D eigenvalue weighted by Crippen LogP contribution is -2.44. The molecule has 1 rings (SSSR count).